The van der Waals surface area contributed by atoms with Crippen molar-refractivity contribution >= 4 is 104 Å². The van der Waals surface area contributed by atoms with Crippen molar-refractivity contribution in [3.8, 4) is 16.8 Å². The van der Waals surface area contributed by atoms with Crippen LogP contribution in [-0.2, 0) is 21.7 Å². The maximum Gasteiger partial charge on any atom is 0.333 e. The molecule has 13 rings (SSSR count). The van der Waals surface area contributed by atoms with Gasteiger partial charge in [-0.25, -0.2) is 0 Å². The number of thiophene rings is 1. The van der Waals surface area contributed by atoms with E-state index >= 15 is 0 Å². The number of benzene rings is 7. The zero-order valence-corrected chi connectivity index (χ0v) is 39.0. The summed E-state index contributed by atoms with van der Waals surface area (Å²) in [6, 6.07) is 44.8. The maximum absolute atomic E-state index is 6.77. The van der Waals surface area contributed by atoms with E-state index in [4.69, 9.17) is 4.42 Å². The Kier molecular flexibility index (Phi) is 7.23. The topological polar surface area (TPSA) is 21.3 Å². The van der Waals surface area contributed by atoms with Crippen LogP contribution in [-0.4, -0.2) is 11.4 Å². The lowest BCUT2D eigenvalue weighted by Gasteiger charge is -2.46. The molecule has 0 spiro atoms. The second kappa shape index (κ2) is 12.1. The van der Waals surface area contributed by atoms with Crippen LogP contribution in [0.4, 0.5) is 11.4 Å². The van der Waals surface area contributed by atoms with Gasteiger partial charge in [-0.15, -0.1) is 11.3 Å². The first-order chi connectivity index (χ1) is 30.0. The minimum Gasteiger partial charge on any atom is -0.456 e. The maximum atomic E-state index is 6.77. The summed E-state index contributed by atoms with van der Waals surface area (Å²) in [7, 11) is 0. The summed E-state index contributed by atoms with van der Waals surface area (Å²) >= 11 is 1.99. The lowest BCUT2D eigenvalue weighted by Crippen LogP contribution is -2.60. The van der Waals surface area contributed by atoms with Crippen LogP contribution in [0, 0.1) is 0 Å². The Morgan fingerprint density at radius 1 is 0.603 bits per heavy atom. The van der Waals surface area contributed by atoms with Gasteiger partial charge in [-0.1, -0.05) is 130 Å². The summed E-state index contributed by atoms with van der Waals surface area (Å²) < 4.78 is 12.1. The number of aromatic nitrogens is 1. The van der Waals surface area contributed by atoms with Gasteiger partial charge in [0.05, 0.1) is 11.0 Å². The highest BCUT2D eigenvalue weighted by molar-refractivity contribution is 7.27. The van der Waals surface area contributed by atoms with Crippen LogP contribution < -0.4 is 15.7 Å². The SMILES string of the molecule is CC(C)(C)c1ccc(N2B3c4cc5c(cc4-n4c6ccc(C(C)(C)C)cc6c6c7c(sc8ccccc87)c(c3c64)-c3cc4c(cc32)C(C)(C)CCC4(C)C)oc2ccccc25)cc1. The molecule has 2 aliphatic heterocycles. The first kappa shape index (κ1) is 37.8. The Bertz CT molecular complexity index is 3650. The fourth-order valence-corrected chi connectivity index (χ4v) is 13.2. The smallest absolute Gasteiger partial charge is 0.333 e. The largest absolute Gasteiger partial charge is 0.456 e. The molecule has 3 aromatic heterocycles. The Morgan fingerprint density at radius 3 is 2.00 bits per heavy atom. The summed E-state index contributed by atoms with van der Waals surface area (Å²) in [5.74, 6) is 0. The molecule has 3 nitrogen and oxygen atoms in total. The Balaban J connectivity index is 1.29. The van der Waals surface area contributed by atoms with Gasteiger partial charge in [-0.3, -0.25) is 0 Å². The van der Waals surface area contributed by atoms with Crippen LogP contribution in [0.1, 0.15) is 104 Å². The second-order valence-electron chi connectivity index (χ2n) is 22.4. The van der Waals surface area contributed by atoms with Crippen LogP contribution in [0.3, 0.4) is 0 Å². The third-order valence-corrected chi connectivity index (χ3v) is 16.7. The number of hydrogen-bond acceptors (Lipinski definition) is 3. The van der Waals surface area contributed by atoms with E-state index in [1.807, 2.05) is 11.3 Å². The van der Waals surface area contributed by atoms with Crippen molar-refractivity contribution in [3.05, 3.63) is 138 Å². The van der Waals surface area contributed by atoms with E-state index in [2.05, 4.69) is 194 Å². The third-order valence-electron chi connectivity index (χ3n) is 15.5. The quantitative estimate of drug-likeness (QED) is 0.154. The van der Waals surface area contributed by atoms with Crippen LogP contribution in [0.5, 0.6) is 0 Å². The molecule has 0 unspecified atom stereocenters. The zero-order valence-electron chi connectivity index (χ0n) is 38.2. The van der Waals surface area contributed by atoms with Crippen molar-refractivity contribution in [2.45, 2.75) is 104 Å². The molecule has 310 valence electrons. The van der Waals surface area contributed by atoms with Gasteiger partial charge in [0.25, 0.3) is 0 Å². The van der Waals surface area contributed by atoms with Crippen molar-refractivity contribution in [1.29, 1.82) is 0 Å². The fraction of sp³-hybridized carbons (Fsp3) is 0.276. The molecule has 0 atom stereocenters. The van der Waals surface area contributed by atoms with Gasteiger partial charge in [0.1, 0.15) is 11.2 Å². The average molecular weight is 837 g/mol. The van der Waals surface area contributed by atoms with Crippen molar-refractivity contribution in [3.63, 3.8) is 0 Å². The number of anilines is 2. The van der Waals surface area contributed by atoms with Crippen molar-refractivity contribution in [2.75, 3.05) is 4.81 Å². The number of furan rings is 1. The minimum absolute atomic E-state index is 0.0116. The highest BCUT2D eigenvalue weighted by Gasteiger charge is 2.48. The highest BCUT2D eigenvalue weighted by Crippen LogP contribution is 2.56. The lowest BCUT2D eigenvalue weighted by molar-refractivity contribution is 0.332. The molecular formula is C58H53BN2OS. The summed E-state index contributed by atoms with van der Waals surface area (Å²) in [6.07, 6.45) is 2.33. The molecule has 0 saturated heterocycles. The number of hydrogen-bond donors (Lipinski definition) is 0. The van der Waals surface area contributed by atoms with Crippen LogP contribution in [0.2, 0.25) is 0 Å². The molecule has 1 aliphatic carbocycles. The number of para-hydroxylation sites is 1. The van der Waals surface area contributed by atoms with E-state index in [0.29, 0.717) is 0 Å². The molecule has 10 aromatic rings. The van der Waals surface area contributed by atoms with E-state index in [0.717, 1.165) is 23.0 Å². The number of rotatable bonds is 1. The van der Waals surface area contributed by atoms with Gasteiger partial charge < -0.3 is 13.8 Å². The Labute approximate surface area is 374 Å². The van der Waals surface area contributed by atoms with Gasteiger partial charge in [-0.05, 0) is 116 Å². The second-order valence-corrected chi connectivity index (χ2v) is 23.4. The van der Waals surface area contributed by atoms with Crippen molar-refractivity contribution in [2.24, 2.45) is 0 Å². The molecule has 63 heavy (non-hydrogen) atoms. The summed E-state index contributed by atoms with van der Waals surface area (Å²) in [4.78, 5) is 2.75. The van der Waals surface area contributed by atoms with Gasteiger partial charge in [0, 0.05) is 76.0 Å². The number of fused-ring (bicyclic) bond motifs is 17. The van der Waals surface area contributed by atoms with Crippen molar-refractivity contribution < 1.29 is 4.42 Å². The van der Waals surface area contributed by atoms with Crippen LogP contribution >= 0.6 is 11.3 Å². The predicted octanol–water partition coefficient (Wildman–Crippen LogP) is 15.2. The van der Waals surface area contributed by atoms with Gasteiger partial charge in [0.15, 0.2) is 0 Å². The first-order valence-electron chi connectivity index (χ1n) is 23.0. The van der Waals surface area contributed by atoms with Gasteiger partial charge >= 0.3 is 6.85 Å². The monoisotopic (exact) mass is 836 g/mol. The predicted molar refractivity (Wildman–Crippen MR) is 273 cm³/mol. The molecule has 0 amide bonds. The minimum atomic E-state index is -0.102. The van der Waals surface area contributed by atoms with Crippen LogP contribution in [0.25, 0.3) is 80.7 Å². The summed E-state index contributed by atoms with van der Waals surface area (Å²) in [5.41, 5.74) is 19.5. The van der Waals surface area contributed by atoms with E-state index in [1.165, 1.54) is 115 Å². The molecule has 0 N–H and O–H groups in total. The van der Waals surface area contributed by atoms with E-state index in [9.17, 15) is 0 Å². The van der Waals surface area contributed by atoms with Gasteiger partial charge in [0.2, 0.25) is 0 Å². The van der Waals surface area contributed by atoms with E-state index in [1.54, 1.807) is 0 Å². The molecule has 0 bridgehead atoms. The molecule has 5 heteroatoms. The van der Waals surface area contributed by atoms with E-state index < -0.39 is 0 Å². The lowest BCUT2D eigenvalue weighted by atomic mass is 9.43. The van der Waals surface area contributed by atoms with Crippen LogP contribution in [0.15, 0.2) is 120 Å². The average Bonchev–Trinajstić information content (AvgIpc) is 3.92. The Morgan fingerprint density at radius 2 is 1.27 bits per heavy atom. The standard InChI is InChI=1S/C58H53BN2OS/c1-55(2,3)32-19-22-34(23-20-32)61-44-30-41-40(57(7,8)25-26-58(41,9)10)28-39(44)51-52-53-49(50-36-16-12-14-18-48(36)63-54(50)51)38-27-33(56(4,5)6)21-24-43(38)60(53)45-31-47-37(29-42(45)59(52)61)35-15-11-13-17-46(35)62-47/h11-24,27-31H,25-26H2,1-10H3. The molecule has 5 heterocycles. The number of nitrogens with zero attached hydrogens (tertiary/aromatic N) is 2. The van der Waals surface area contributed by atoms with Crippen molar-refractivity contribution in [1.82, 2.24) is 4.57 Å². The fourth-order valence-electron chi connectivity index (χ4n) is 11.9. The molecule has 3 aliphatic rings. The molecule has 0 radical (unpaired) electrons. The normalized spacial score (nSPS) is 16.5. The molecule has 7 aromatic carbocycles. The first-order valence-corrected chi connectivity index (χ1v) is 23.8. The zero-order chi connectivity index (χ0) is 43.3. The third kappa shape index (κ3) is 4.98. The molecule has 0 saturated carbocycles. The Hall–Kier alpha value is -5.78. The summed E-state index contributed by atoms with van der Waals surface area (Å²) in [6.45, 7) is 23.8. The van der Waals surface area contributed by atoms with E-state index in [-0.39, 0.29) is 28.5 Å². The molecular weight excluding hydrogens is 784 g/mol. The van der Waals surface area contributed by atoms with Gasteiger partial charge in [-0.2, -0.15) is 0 Å². The highest BCUT2D eigenvalue weighted by atomic mass is 32.1. The summed E-state index contributed by atoms with van der Waals surface area (Å²) in [5, 5.41) is 7.75. The molecule has 0 fully saturated rings.